The van der Waals surface area contributed by atoms with Crippen molar-refractivity contribution < 1.29 is 14.5 Å². The van der Waals surface area contributed by atoms with Gasteiger partial charge in [-0.05, 0) is 55.3 Å². The number of nitro groups is 1. The van der Waals surface area contributed by atoms with E-state index in [1.165, 1.54) is 12.1 Å². The third kappa shape index (κ3) is 7.12. The predicted molar refractivity (Wildman–Crippen MR) is 117 cm³/mol. The second-order valence-corrected chi connectivity index (χ2v) is 6.88. The zero-order valence-electron chi connectivity index (χ0n) is 17.2. The van der Waals surface area contributed by atoms with E-state index in [-0.39, 0.29) is 11.6 Å². The maximum atomic E-state index is 12.3. The first-order chi connectivity index (χ1) is 14.4. The Hall–Kier alpha value is -3.55. The summed E-state index contributed by atoms with van der Waals surface area (Å²) in [6.07, 6.45) is 4.65. The molecule has 2 aromatic carbocycles. The molecule has 8 heteroatoms. The number of anilines is 1. The molecular formula is C22H26N4O4. The van der Waals surface area contributed by atoms with Crippen LogP contribution in [0, 0.1) is 10.1 Å². The monoisotopic (exact) mass is 410 g/mol. The Bertz CT molecular complexity index is 906. The molecule has 2 aromatic rings. The maximum absolute atomic E-state index is 12.3. The molecule has 0 fully saturated rings. The number of nitro benzene ring substituents is 1. The lowest BCUT2D eigenvalue weighted by molar-refractivity contribution is -0.384. The second-order valence-electron chi connectivity index (χ2n) is 6.88. The molecule has 0 aliphatic carbocycles. The van der Waals surface area contributed by atoms with Crippen LogP contribution in [0.25, 0.3) is 0 Å². The van der Waals surface area contributed by atoms with E-state index < -0.39 is 10.8 Å². The predicted octanol–water partition coefficient (Wildman–Crippen LogP) is 4.66. The van der Waals surface area contributed by atoms with Gasteiger partial charge in [-0.3, -0.25) is 19.7 Å². The first-order valence-corrected chi connectivity index (χ1v) is 9.90. The van der Waals surface area contributed by atoms with Crippen LogP contribution in [0.1, 0.15) is 61.9 Å². The molecule has 2 rings (SSSR count). The van der Waals surface area contributed by atoms with Crippen LogP contribution in [-0.2, 0) is 4.79 Å². The summed E-state index contributed by atoms with van der Waals surface area (Å²) in [4.78, 5) is 34.4. The molecule has 2 N–H and O–H groups in total. The molecule has 0 heterocycles. The van der Waals surface area contributed by atoms with Crippen LogP contribution in [0.2, 0.25) is 0 Å². The summed E-state index contributed by atoms with van der Waals surface area (Å²) in [7, 11) is 0. The molecule has 8 nitrogen and oxygen atoms in total. The Labute approximate surface area is 175 Å². The average Bonchev–Trinajstić information content (AvgIpc) is 2.75. The number of hydrogen-bond donors (Lipinski definition) is 2. The van der Waals surface area contributed by atoms with Gasteiger partial charge in [-0.15, -0.1) is 0 Å². The highest BCUT2D eigenvalue weighted by atomic mass is 16.6. The molecule has 0 aliphatic rings. The van der Waals surface area contributed by atoms with Crippen molar-refractivity contribution in [3.05, 3.63) is 69.8 Å². The van der Waals surface area contributed by atoms with Gasteiger partial charge >= 0.3 is 0 Å². The Morgan fingerprint density at radius 2 is 1.60 bits per heavy atom. The van der Waals surface area contributed by atoms with Crippen LogP contribution >= 0.6 is 0 Å². The van der Waals surface area contributed by atoms with Crippen molar-refractivity contribution in [2.24, 2.45) is 5.10 Å². The largest absolute Gasteiger partial charge is 0.326 e. The zero-order valence-corrected chi connectivity index (χ0v) is 17.2. The SMILES string of the molecule is CCCCCCC(=O)Nc1ccc(C(=O)N/N=C(\C)c2ccc([N+](=O)[O-])cc2)cc1. The fourth-order valence-electron chi connectivity index (χ4n) is 2.73. The van der Waals surface area contributed by atoms with Crippen molar-refractivity contribution in [2.45, 2.75) is 46.0 Å². The molecule has 0 unspecified atom stereocenters. The van der Waals surface area contributed by atoms with Crippen LogP contribution in [-0.4, -0.2) is 22.4 Å². The third-order valence-corrected chi connectivity index (χ3v) is 4.51. The Morgan fingerprint density at radius 3 is 2.20 bits per heavy atom. The van der Waals surface area contributed by atoms with E-state index in [4.69, 9.17) is 0 Å². The Balaban J connectivity index is 1.88. The van der Waals surface area contributed by atoms with Gasteiger partial charge in [0, 0.05) is 29.8 Å². The Morgan fingerprint density at radius 1 is 0.967 bits per heavy atom. The minimum absolute atomic E-state index is 0.0104. The van der Waals surface area contributed by atoms with Crippen LogP contribution in [0.5, 0.6) is 0 Å². The number of hydrazone groups is 1. The number of non-ortho nitro benzene ring substituents is 1. The number of amides is 2. The first-order valence-electron chi connectivity index (χ1n) is 9.90. The summed E-state index contributed by atoms with van der Waals surface area (Å²) >= 11 is 0. The van der Waals surface area contributed by atoms with Crippen molar-refractivity contribution in [1.29, 1.82) is 0 Å². The maximum Gasteiger partial charge on any atom is 0.271 e. The minimum Gasteiger partial charge on any atom is -0.326 e. The zero-order chi connectivity index (χ0) is 21.9. The second kappa shape index (κ2) is 11.5. The first kappa shape index (κ1) is 22.7. The van der Waals surface area contributed by atoms with Crippen molar-refractivity contribution in [2.75, 3.05) is 5.32 Å². The lowest BCUT2D eigenvalue weighted by atomic mass is 10.1. The van der Waals surface area contributed by atoms with Gasteiger partial charge in [0.25, 0.3) is 11.6 Å². The molecule has 0 aliphatic heterocycles. The molecular weight excluding hydrogens is 384 g/mol. The number of carbonyl (C=O) groups is 2. The average molecular weight is 410 g/mol. The van der Waals surface area contributed by atoms with Crippen molar-refractivity contribution in [3.63, 3.8) is 0 Å². The van der Waals surface area contributed by atoms with Gasteiger partial charge in [-0.2, -0.15) is 5.10 Å². The van der Waals surface area contributed by atoms with E-state index in [9.17, 15) is 19.7 Å². The van der Waals surface area contributed by atoms with Crippen molar-refractivity contribution >= 4 is 28.9 Å². The Kier molecular flexibility index (Phi) is 8.68. The van der Waals surface area contributed by atoms with Gasteiger partial charge in [0.1, 0.15) is 0 Å². The van der Waals surface area contributed by atoms with Gasteiger partial charge < -0.3 is 5.32 Å². The molecule has 158 valence electrons. The van der Waals surface area contributed by atoms with Gasteiger partial charge in [-0.1, -0.05) is 26.2 Å². The summed E-state index contributed by atoms with van der Waals surface area (Å²) in [6.45, 7) is 3.82. The summed E-state index contributed by atoms with van der Waals surface area (Å²) in [6, 6.07) is 12.5. The van der Waals surface area contributed by atoms with Gasteiger partial charge in [0.2, 0.25) is 5.91 Å². The fourth-order valence-corrected chi connectivity index (χ4v) is 2.73. The summed E-state index contributed by atoms with van der Waals surface area (Å²) in [5, 5.41) is 17.6. The van der Waals surface area contributed by atoms with E-state index >= 15 is 0 Å². The number of nitrogens with zero attached hydrogens (tertiary/aromatic N) is 2. The summed E-state index contributed by atoms with van der Waals surface area (Å²) in [5.41, 5.74) is 4.67. The number of unbranched alkanes of at least 4 members (excludes halogenated alkanes) is 3. The lowest BCUT2D eigenvalue weighted by Gasteiger charge is -2.07. The minimum atomic E-state index is -0.476. The molecule has 0 bridgehead atoms. The fraction of sp³-hybridized carbons (Fsp3) is 0.318. The van der Waals surface area contributed by atoms with Crippen LogP contribution < -0.4 is 10.7 Å². The van der Waals surface area contributed by atoms with E-state index in [2.05, 4.69) is 22.8 Å². The number of carbonyl (C=O) groups excluding carboxylic acids is 2. The van der Waals surface area contributed by atoms with E-state index in [1.807, 2.05) is 0 Å². The molecule has 0 radical (unpaired) electrons. The van der Waals surface area contributed by atoms with Crippen LogP contribution in [0.3, 0.4) is 0 Å². The summed E-state index contributed by atoms with van der Waals surface area (Å²) < 4.78 is 0. The molecule has 0 spiro atoms. The molecule has 0 saturated carbocycles. The van der Waals surface area contributed by atoms with E-state index in [0.717, 1.165) is 25.7 Å². The quantitative estimate of drug-likeness (QED) is 0.257. The topological polar surface area (TPSA) is 114 Å². The summed E-state index contributed by atoms with van der Waals surface area (Å²) in [5.74, 6) is -0.430. The standard InChI is InChI=1S/C22H26N4O4/c1-3-4-5-6-7-21(27)23-19-12-8-18(9-13-19)22(28)25-24-16(2)17-10-14-20(15-11-17)26(29)30/h8-15H,3-7H2,1-2H3,(H,23,27)(H,25,28)/b24-16+. The molecule has 0 aromatic heterocycles. The van der Waals surface area contributed by atoms with Crippen LogP contribution in [0.4, 0.5) is 11.4 Å². The van der Waals surface area contributed by atoms with Gasteiger partial charge in [0.05, 0.1) is 10.6 Å². The highest BCUT2D eigenvalue weighted by Gasteiger charge is 2.08. The van der Waals surface area contributed by atoms with E-state index in [1.54, 1.807) is 43.3 Å². The molecule has 2 amide bonds. The van der Waals surface area contributed by atoms with Gasteiger partial charge in [0.15, 0.2) is 0 Å². The van der Waals surface area contributed by atoms with E-state index in [0.29, 0.717) is 28.9 Å². The highest BCUT2D eigenvalue weighted by Crippen LogP contribution is 2.13. The van der Waals surface area contributed by atoms with Crippen molar-refractivity contribution in [3.8, 4) is 0 Å². The van der Waals surface area contributed by atoms with Crippen LogP contribution in [0.15, 0.2) is 53.6 Å². The smallest absolute Gasteiger partial charge is 0.271 e. The normalized spacial score (nSPS) is 11.1. The van der Waals surface area contributed by atoms with Gasteiger partial charge in [-0.25, -0.2) is 5.43 Å². The molecule has 30 heavy (non-hydrogen) atoms. The number of nitrogens with one attached hydrogen (secondary N) is 2. The number of hydrogen-bond acceptors (Lipinski definition) is 5. The number of benzene rings is 2. The third-order valence-electron chi connectivity index (χ3n) is 4.51. The van der Waals surface area contributed by atoms with Crippen molar-refractivity contribution in [1.82, 2.24) is 5.43 Å². The molecule has 0 saturated heterocycles. The molecule has 0 atom stereocenters. The highest BCUT2D eigenvalue weighted by molar-refractivity contribution is 6.01. The number of rotatable bonds is 10. The lowest BCUT2D eigenvalue weighted by Crippen LogP contribution is -2.19.